The first-order chi connectivity index (χ1) is 25.4. The van der Waals surface area contributed by atoms with Crippen molar-refractivity contribution in [1.29, 1.82) is 0 Å². The number of hydrogen-bond acceptors (Lipinski definition) is 10. The maximum Gasteiger partial charge on any atom is 0.511 e. The van der Waals surface area contributed by atoms with Gasteiger partial charge in [-0.25, -0.2) is 9.59 Å². The molecule has 53 heavy (non-hydrogen) atoms. The smallest absolute Gasteiger partial charge is 0.493 e. The second-order valence-corrected chi connectivity index (χ2v) is 16.2. The number of nitrogens with one attached hydrogen (secondary N) is 1. The molecule has 7 rings (SSSR count). The molecule has 2 aromatic carbocycles. The van der Waals surface area contributed by atoms with E-state index >= 15 is 0 Å². The Balaban J connectivity index is 1.13. The summed E-state index contributed by atoms with van der Waals surface area (Å²) in [6, 6.07) is 13.7. The van der Waals surface area contributed by atoms with E-state index in [-0.39, 0.29) is 24.2 Å². The molecule has 4 atom stereocenters. The molecule has 4 aliphatic rings. The number of anilines is 1. The molecular weight excluding hydrogens is 696 g/mol. The lowest BCUT2D eigenvalue weighted by atomic mass is 9.59. The van der Waals surface area contributed by atoms with E-state index < -0.39 is 24.0 Å². The van der Waals surface area contributed by atoms with Crippen LogP contribution < -0.4 is 19.5 Å². The van der Waals surface area contributed by atoms with Gasteiger partial charge in [-0.1, -0.05) is 31.5 Å². The van der Waals surface area contributed by atoms with Crippen molar-refractivity contribution in [2.24, 2.45) is 11.8 Å². The Hall–Kier alpha value is -4.18. The highest BCUT2D eigenvalue weighted by Gasteiger charge is 2.55. The summed E-state index contributed by atoms with van der Waals surface area (Å²) in [5, 5.41) is 4.07. The first-order valence-electron chi connectivity index (χ1n) is 19.1. The van der Waals surface area contributed by atoms with E-state index in [0.29, 0.717) is 42.0 Å². The highest BCUT2D eigenvalue weighted by molar-refractivity contribution is 6.30. The summed E-state index contributed by atoms with van der Waals surface area (Å²) >= 11 is 6.38. The second kappa shape index (κ2) is 15.3. The van der Waals surface area contributed by atoms with Crippen molar-refractivity contribution < 1.29 is 38.0 Å². The van der Waals surface area contributed by atoms with Crippen molar-refractivity contribution in [3.05, 3.63) is 76.1 Å². The number of aryl methyl sites for hydroxylation is 1. The Bertz CT molecular complexity index is 1820. The lowest BCUT2D eigenvalue weighted by Gasteiger charge is -2.48. The standard InChI is InChI=1S/C42H51ClN2O8/c1-25(2)51-40(47)53-28(5)52-39(46)42(45-32-10-7-9-31(43)21-32)15-13-41(14-16-42)30(19-29-20-36-37(22-33(29)41)50-24-49-36)18-26(3)23-48-35-12-17-44-34-11-6-8-27(4)38(34)35/h7,9-10,12,17,20-22,25-28,30,45H,6,8,11,13-16,18-19,23-24H2,1-5H3/t26-,27-,28?,30+,41?,42?/m1/s1. The minimum Gasteiger partial charge on any atom is -0.493 e. The van der Waals surface area contributed by atoms with Gasteiger partial charge in [-0.2, -0.15) is 0 Å². The third-order valence-electron chi connectivity index (χ3n) is 11.6. The number of esters is 1. The molecule has 0 radical (unpaired) electrons. The third kappa shape index (κ3) is 7.75. The lowest BCUT2D eigenvalue weighted by Crippen LogP contribution is -2.54. The van der Waals surface area contributed by atoms with E-state index in [1.54, 1.807) is 26.0 Å². The zero-order chi connectivity index (χ0) is 37.3. The number of carbonyl (C=O) groups is 2. The molecular formula is C42H51ClN2O8. The van der Waals surface area contributed by atoms with Crippen molar-refractivity contribution in [2.75, 3.05) is 18.7 Å². The highest BCUT2D eigenvalue weighted by Crippen LogP contribution is 2.58. The summed E-state index contributed by atoms with van der Waals surface area (Å²) in [7, 11) is 0. The van der Waals surface area contributed by atoms with Gasteiger partial charge in [0.1, 0.15) is 11.3 Å². The second-order valence-electron chi connectivity index (χ2n) is 15.8. The van der Waals surface area contributed by atoms with Crippen LogP contribution in [-0.2, 0) is 37.3 Å². The Morgan fingerprint density at radius 1 is 1.00 bits per heavy atom. The predicted molar refractivity (Wildman–Crippen MR) is 201 cm³/mol. The summed E-state index contributed by atoms with van der Waals surface area (Å²) < 4.78 is 34.5. The molecule has 0 bridgehead atoms. The monoisotopic (exact) mass is 746 g/mol. The van der Waals surface area contributed by atoms with E-state index in [4.69, 9.17) is 40.0 Å². The molecule has 0 amide bonds. The quantitative estimate of drug-likeness (QED) is 0.150. The lowest BCUT2D eigenvalue weighted by molar-refractivity contribution is -0.175. The number of rotatable bonds is 11. The summed E-state index contributed by atoms with van der Waals surface area (Å²) in [6.45, 7) is 10.3. The Morgan fingerprint density at radius 2 is 1.77 bits per heavy atom. The molecule has 1 aliphatic heterocycles. The molecule has 1 saturated carbocycles. The topological polar surface area (TPSA) is 114 Å². The largest absolute Gasteiger partial charge is 0.511 e. The molecule has 1 spiro atoms. The van der Waals surface area contributed by atoms with Crippen LogP contribution in [0.2, 0.25) is 5.02 Å². The van der Waals surface area contributed by atoms with Gasteiger partial charge in [0.2, 0.25) is 13.1 Å². The maximum absolute atomic E-state index is 14.2. The summed E-state index contributed by atoms with van der Waals surface area (Å²) in [6.07, 6.45) is 7.07. The van der Waals surface area contributed by atoms with Gasteiger partial charge in [0, 0.05) is 35.1 Å². The van der Waals surface area contributed by atoms with E-state index in [1.807, 2.05) is 24.4 Å². The third-order valence-corrected chi connectivity index (χ3v) is 11.9. The maximum atomic E-state index is 14.2. The molecule has 1 unspecified atom stereocenters. The van der Waals surface area contributed by atoms with Gasteiger partial charge < -0.3 is 33.7 Å². The highest BCUT2D eigenvalue weighted by atomic mass is 35.5. The van der Waals surface area contributed by atoms with Gasteiger partial charge in [0.05, 0.1) is 12.7 Å². The van der Waals surface area contributed by atoms with Crippen LogP contribution in [0.25, 0.3) is 0 Å². The Kier molecular flexibility index (Phi) is 10.7. The molecule has 1 aromatic heterocycles. The molecule has 11 heteroatoms. The Morgan fingerprint density at radius 3 is 2.53 bits per heavy atom. The average molecular weight is 747 g/mol. The molecule has 10 nitrogen and oxygen atoms in total. The van der Waals surface area contributed by atoms with Crippen LogP contribution in [0.5, 0.6) is 17.2 Å². The SMILES string of the molecule is CC(C)OC(=O)OC(C)OC(=O)C1(Nc2cccc(Cl)c2)CCC2(CC1)c1cc3c(cc1C[C@@H]2C[C@@H](C)COc1ccnc2c1[C@H](C)CCC2)OCO3. The minimum atomic E-state index is -1.14. The zero-order valence-corrected chi connectivity index (χ0v) is 32.1. The number of nitrogens with zero attached hydrogens (tertiary/aromatic N) is 1. The van der Waals surface area contributed by atoms with Crippen molar-refractivity contribution in [3.63, 3.8) is 0 Å². The average Bonchev–Trinajstić information content (AvgIpc) is 3.68. The van der Waals surface area contributed by atoms with Gasteiger partial charge >= 0.3 is 12.1 Å². The number of aromatic nitrogens is 1. The van der Waals surface area contributed by atoms with E-state index in [9.17, 15) is 9.59 Å². The number of pyridine rings is 1. The zero-order valence-electron chi connectivity index (χ0n) is 31.4. The van der Waals surface area contributed by atoms with Crippen LogP contribution >= 0.6 is 11.6 Å². The fourth-order valence-electron chi connectivity index (χ4n) is 9.13. The van der Waals surface area contributed by atoms with E-state index in [2.05, 4.69) is 36.3 Å². The van der Waals surface area contributed by atoms with Crippen LogP contribution in [0.3, 0.4) is 0 Å². The summed E-state index contributed by atoms with van der Waals surface area (Å²) in [4.78, 5) is 31.1. The van der Waals surface area contributed by atoms with Crippen molar-refractivity contribution in [3.8, 4) is 17.2 Å². The molecule has 3 aliphatic carbocycles. The first kappa shape index (κ1) is 37.1. The number of hydrogen-bond donors (Lipinski definition) is 1. The van der Waals surface area contributed by atoms with Crippen LogP contribution in [0.15, 0.2) is 48.7 Å². The number of fused-ring (bicyclic) bond motifs is 4. The van der Waals surface area contributed by atoms with Crippen molar-refractivity contribution in [2.45, 2.75) is 122 Å². The van der Waals surface area contributed by atoms with Gasteiger partial charge in [-0.15, -0.1) is 0 Å². The fraction of sp³-hybridized carbons (Fsp3) is 0.548. The fourth-order valence-corrected chi connectivity index (χ4v) is 9.32. The Labute approximate surface area is 317 Å². The number of halogens is 1. The first-order valence-corrected chi connectivity index (χ1v) is 19.5. The van der Waals surface area contributed by atoms with Crippen LogP contribution in [0.1, 0.15) is 108 Å². The predicted octanol–water partition coefficient (Wildman–Crippen LogP) is 9.29. The molecule has 1 N–H and O–H groups in total. The van der Waals surface area contributed by atoms with Crippen LogP contribution in [0.4, 0.5) is 10.5 Å². The van der Waals surface area contributed by atoms with Crippen LogP contribution in [0, 0.1) is 11.8 Å². The normalized spacial score (nSPS) is 25.3. The molecule has 2 heterocycles. The van der Waals surface area contributed by atoms with Gasteiger partial charge in [-0.05, 0) is 142 Å². The molecule has 3 aromatic rings. The number of ether oxygens (including phenoxy) is 6. The van der Waals surface area contributed by atoms with Crippen molar-refractivity contribution in [1.82, 2.24) is 4.98 Å². The van der Waals surface area contributed by atoms with E-state index in [0.717, 1.165) is 62.2 Å². The summed E-state index contributed by atoms with van der Waals surface area (Å²) in [5.74, 6) is 3.05. The van der Waals surface area contributed by atoms with Crippen LogP contribution in [-0.4, -0.2) is 48.4 Å². The van der Waals surface area contributed by atoms with Gasteiger partial charge in [0.15, 0.2) is 11.5 Å². The van der Waals surface area contributed by atoms with Gasteiger partial charge in [0.25, 0.3) is 0 Å². The van der Waals surface area contributed by atoms with Crippen molar-refractivity contribution >= 4 is 29.4 Å². The molecule has 284 valence electrons. The molecule has 0 saturated heterocycles. The molecule has 1 fully saturated rings. The number of carbonyl (C=O) groups excluding carboxylic acids is 2. The number of benzene rings is 2. The van der Waals surface area contributed by atoms with Gasteiger partial charge in [-0.3, -0.25) is 4.98 Å². The summed E-state index contributed by atoms with van der Waals surface area (Å²) in [5.41, 5.74) is 4.39. The van der Waals surface area contributed by atoms with E-state index in [1.165, 1.54) is 29.3 Å². The minimum absolute atomic E-state index is 0.210.